The second-order valence-corrected chi connectivity index (χ2v) is 4.42. The largest absolute Gasteiger partial charge is 0.339 e. The van der Waals surface area contributed by atoms with Gasteiger partial charge in [-0.15, -0.1) is 0 Å². The number of carbonyl (C=O) groups excluding carboxylic acids is 1. The highest BCUT2D eigenvalue weighted by atomic mass is 16.1. The van der Waals surface area contributed by atoms with E-state index in [0.29, 0.717) is 12.5 Å². The maximum absolute atomic E-state index is 11.1. The number of nitrogens with zero attached hydrogens (tertiary/aromatic N) is 2. The van der Waals surface area contributed by atoms with Crippen molar-refractivity contribution < 1.29 is 4.79 Å². The standard InChI is InChI=1S/C14H22N2O/c1-3-7-13(4-2)10-16(12-17)11-14-8-5-6-9-15-14/h5-6,8-9,12-13H,3-4,7,10-11H2,1-2H3. The molecule has 0 saturated carbocycles. The lowest BCUT2D eigenvalue weighted by atomic mass is 10.0. The fraction of sp³-hybridized carbons (Fsp3) is 0.571. The topological polar surface area (TPSA) is 33.2 Å². The van der Waals surface area contributed by atoms with Gasteiger partial charge in [0.15, 0.2) is 0 Å². The van der Waals surface area contributed by atoms with Crippen LogP contribution in [0.3, 0.4) is 0 Å². The molecule has 1 aromatic heterocycles. The molecule has 1 heterocycles. The Morgan fingerprint density at radius 2 is 2.24 bits per heavy atom. The first-order valence-electron chi connectivity index (χ1n) is 6.39. The number of hydrogen-bond acceptors (Lipinski definition) is 2. The lowest BCUT2D eigenvalue weighted by molar-refractivity contribution is -0.119. The average Bonchev–Trinajstić information content (AvgIpc) is 2.38. The summed E-state index contributed by atoms with van der Waals surface area (Å²) in [6.45, 7) is 5.83. The number of carbonyl (C=O) groups is 1. The Balaban J connectivity index is 2.51. The molecule has 0 fully saturated rings. The minimum Gasteiger partial charge on any atom is -0.339 e. The highest BCUT2D eigenvalue weighted by molar-refractivity contribution is 5.47. The van der Waals surface area contributed by atoms with Crippen LogP contribution in [0.25, 0.3) is 0 Å². The molecule has 0 bridgehead atoms. The average molecular weight is 234 g/mol. The van der Waals surface area contributed by atoms with Crippen LogP contribution in [0.4, 0.5) is 0 Å². The molecule has 0 aliphatic rings. The molecule has 94 valence electrons. The Labute approximate surface area is 104 Å². The van der Waals surface area contributed by atoms with Gasteiger partial charge in [-0.25, -0.2) is 0 Å². The molecule has 0 aliphatic heterocycles. The van der Waals surface area contributed by atoms with Gasteiger partial charge in [-0.3, -0.25) is 9.78 Å². The Hall–Kier alpha value is -1.38. The predicted octanol–water partition coefficient (Wildman–Crippen LogP) is 2.87. The van der Waals surface area contributed by atoms with Gasteiger partial charge in [0.25, 0.3) is 0 Å². The van der Waals surface area contributed by atoms with Crippen LogP contribution in [0.2, 0.25) is 0 Å². The summed E-state index contributed by atoms with van der Waals surface area (Å²) in [6.07, 6.45) is 6.19. The minimum atomic E-state index is 0.605. The molecular weight excluding hydrogens is 212 g/mol. The molecule has 0 radical (unpaired) electrons. The van der Waals surface area contributed by atoms with E-state index in [-0.39, 0.29) is 0 Å². The maximum Gasteiger partial charge on any atom is 0.210 e. The Bertz CT molecular complexity index is 313. The summed E-state index contributed by atoms with van der Waals surface area (Å²) < 4.78 is 0. The highest BCUT2D eigenvalue weighted by Crippen LogP contribution is 2.13. The van der Waals surface area contributed by atoms with E-state index in [1.807, 2.05) is 23.1 Å². The van der Waals surface area contributed by atoms with Gasteiger partial charge < -0.3 is 4.90 Å². The molecule has 0 saturated heterocycles. The molecule has 1 unspecified atom stereocenters. The summed E-state index contributed by atoms with van der Waals surface area (Å²) in [5.74, 6) is 0.605. The van der Waals surface area contributed by atoms with Crippen molar-refractivity contribution in [3.8, 4) is 0 Å². The van der Waals surface area contributed by atoms with E-state index in [1.54, 1.807) is 6.20 Å². The Morgan fingerprint density at radius 3 is 2.76 bits per heavy atom. The van der Waals surface area contributed by atoms with E-state index in [2.05, 4.69) is 18.8 Å². The van der Waals surface area contributed by atoms with Gasteiger partial charge >= 0.3 is 0 Å². The van der Waals surface area contributed by atoms with Crippen LogP contribution in [-0.2, 0) is 11.3 Å². The van der Waals surface area contributed by atoms with Gasteiger partial charge in [-0.1, -0.05) is 32.8 Å². The monoisotopic (exact) mass is 234 g/mol. The molecule has 0 N–H and O–H groups in total. The van der Waals surface area contributed by atoms with E-state index in [1.165, 1.54) is 12.8 Å². The fourth-order valence-electron chi connectivity index (χ4n) is 2.01. The smallest absolute Gasteiger partial charge is 0.210 e. The molecule has 0 aliphatic carbocycles. The summed E-state index contributed by atoms with van der Waals surface area (Å²) in [4.78, 5) is 17.1. The predicted molar refractivity (Wildman–Crippen MR) is 69.4 cm³/mol. The first-order valence-corrected chi connectivity index (χ1v) is 6.39. The van der Waals surface area contributed by atoms with Crippen molar-refractivity contribution in [3.63, 3.8) is 0 Å². The second-order valence-electron chi connectivity index (χ2n) is 4.42. The van der Waals surface area contributed by atoms with Crippen molar-refractivity contribution in [3.05, 3.63) is 30.1 Å². The van der Waals surface area contributed by atoms with Gasteiger partial charge in [-0.2, -0.15) is 0 Å². The van der Waals surface area contributed by atoms with Crippen molar-refractivity contribution >= 4 is 6.41 Å². The lowest BCUT2D eigenvalue weighted by Gasteiger charge is -2.22. The van der Waals surface area contributed by atoms with Crippen LogP contribution in [-0.4, -0.2) is 22.8 Å². The molecule has 1 rings (SSSR count). The van der Waals surface area contributed by atoms with Crippen LogP contribution in [0.15, 0.2) is 24.4 Å². The zero-order chi connectivity index (χ0) is 12.5. The van der Waals surface area contributed by atoms with Gasteiger partial charge in [-0.05, 0) is 24.5 Å². The third-order valence-corrected chi connectivity index (χ3v) is 3.01. The number of pyridine rings is 1. The summed E-state index contributed by atoms with van der Waals surface area (Å²) in [6, 6.07) is 5.80. The third kappa shape index (κ3) is 4.98. The van der Waals surface area contributed by atoms with Gasteiger partial charge in [0, 0.05) is 12.7 Å². The summed E-state index contributed by atoms with van der Waals surface area (Å²) in [5, 5.41) is 0. The Morgan fingerprint density at radius 1 is 1.41 bits per heavy atom. The van der Waals surface area contributed by atoms with E-state index in [0.717, 1.165) is 25.1 Å². The Kier molecular flexibility index (Phi) is 6.30. The first-order chi connectivity index (χ1) is 8.30. The van der Waals surface area contributed by atoms with E-state index < -0.39 is 0 Å². The summed E-state index contributed by atoms with van der Waals surface area (Å²) in [7, 11) is 0. The number of aromatic nitrogens is 1. The van der Waals surface area contributed by atoms with Crippen LogP contribution < -0.4 is 0 Å². The molecule has 0 spiro atoms. The van der Waals surface area contributed by atoms with Crippen LogP contribution >= 0.6 is 0 Å². The normalized spacial score (nSPS) is 12.1. The highest BCUT2D eigenvalue weighted by Gasteiger charge is 2.11. The van der Waals surface area contributed by atoms with Gasteiger partial charge in [0.1, 0.15) is 0 Å². The lowest BCUT2D eigenvalue weighted by Crippen LogP contribution is -2.28. The zero-order valence-corrected chi connectivity index (χ0v) is 10.8. The van der Waals surface area contributed by atoms with E-state index in [4.69, 9.17) is 0 Å². The molecule has 0 aromatic carbocycles. The second kappa shape index (κ2) is 7.82. The molecule has 1 amide bonds. The van der Waals surface area contributed by atoms with Crippen molar-refractivity contribution in [2.24, 2.45) is 5.92 Å². The fourth-order valence-corrected chi connectivity index (χ4v) is 2.01. The van der Waals surface area contributed by atoms with Crippen LogP contribution in [0, 0.1) is 5.92 Å². The van der Waals surface area contributed by atoms with Gasteiger partial charge in [0.05, 0.1) is 12.2 Å². The third-order valence-electron chi connectivity index (χ3n) is 3.01. The summed E-state index contributed by atoms with van der Waals surface area (Å²) in [5.41, 5.74) is 0.950. The molecule has 3 heteroatoms. The number of rotatable bonds is 8. The summed E-state index contributed by atoms with van der Waals surface area (Å²) >= 11 is 0. The van der Waals surface area contributed by atoms with Crippen LogP contribution in [0.5, 0.6) is 0 Å². The SMILES string of the molecule is CCCC(CC)CN(C=O)Cc1ccccn1. The molecule has 1 aromatic rings. The quantitative estimate of drug-likeness (QED) is 0.648. The number of amides is 1. The van der Waals surface area contributed by atoms with Crippen LogP contribution in [0.1, 0.15) is 38.8 Å². The van der Waals surface area contributed by atoms with E-state index >= 15 is 0 Å². The van der Waals surface area contributed by atoms with Crippen molar-refractivity contribution in [1.29, 1.82) is 0 Å². The van der Waals surface area contributed by atoms with Crippen molar-refractivity contribution in [2.45, 2.75) is 39.7 Å². The van der Waals surface area contributed by atoms with Gasteiger partial charge in [0.2, 0.25) is 6.41 Å². The van der Waals surface area contributed by atoms with Crippen molar-refractivity contribution in [2.75, 3.05) is 6.54 Å². The maximum atomic E-state index is 11.1. The molecule has 17 heavy (non-hydrogen) atoms. The first kappa shape index (κ1) is 13.7. The minimum absolute atomic E-state index is 0.605. The molecule has 3 nitrogen and oxygen atoms in total. The number of hydrogen-bond donors (Lipinski definition) is 0. The van der Waals surface area contributed by atoms with Crippen molar-refractivity contribution in [1.82, 2.24) is 9.88 Å². The molecule has 1 atom stereocenters. The molecular formula is C14H22N2O. The van der Waals surface area contributed by atoms with E-state index in [9.17, 15) is 4.79 Å². The zero-order valence-electron chi connectivity index (χ0n) is 10.8.